The number of pyridine rings is 1. The van der Waals surface area contributed by atoms with Gasteiger partial charge in [0.1, 0.15) is 11.3 Å². The summed E-state index contributed by atoms with van der Waals surface area (Å²) in [5.74, 6) is 0.880. The number of furan rings is 1. The molecule has 0 N–H and O–H groups in total. The molecule has 0 aliphatic carbocycles. The first-order valence-electron chi connectivity index (χ1n) is 13.2. The first kappa shape index (κ1) is 20.7. The van der Waals surface area contributed by atoms with Crippen molar-refractivity contribution in [3.63, 3.8) is 0 Å². The Morgan fingerprint density at radius 2 is 0.923 bits per heavy atom. The highest BCUT2D eigenvalue weighted by Gasteiger charge is 2.19. The van der Waals surface area contributed by atoms with Crippen molar-refractivity contribution >= 4 is 65.7 Å². The van der Waals surface area contributed by atoms with Crippen molar-refractivity contribution in [1.29, 1.82) is 0 Å². The summed E-state index contributed by atoms with van der Waals surface area (Å²) in [5.41, 5.74) is 8.10. The van der Waals surface area contributed by atoms with Crippen LogP contribution in [-0.2, 0) is 0 Å². The molecule has 0 saturated heterocycles. The van der Waals surface area contributed by atoms with Gasteiger partial charge in [-0.3, -0.25) is 4.57 Å². The maximum Gasteiger partial charge on any atom is 0.161 e. The van der Waals surface area contributed by atoms with Gasteiger partial charge in [0.2, 0.25) is 0 Å². The summed E-state index contributed by atoms with van der Waals surface area (Å²) in [6.45, 7) is 0. The van der Waals surface area contributed by atoms with Crippen LogP contribution in [0.15, 0.2) is 132 Å². The number of benzene rings is 5. The minimum atomic E-state index is 0.780. The molecule has 4 heterocycles. The molecule has 182 valence electrons. The molecule has 0 radical (unpaired) electrons. The predicted octanol–water partition coefficient (Wildman–Crippen LogP) is 9.18. The number of para-hydroxylation sites is 5. The van der Waals surface area contributed by atoms with E-state index in [9.17, 15) is 0 Å². The Morgan fingerprint density at radius 3 is 1.49 bits per heavy atom. The largest absolute Gasteiger partial charge is 0.452 e. The first-order valence-corrected chi connectivity index (χ1v) is 13.2. The Hall–Kier alpha value is -5.35. The number of fused-ring (bicyclic) bond motifs is 9. The SMILES string of the molecule is c1cc(-n2c3ccccc3c3ccccc32)c2oc3ccc(-n4c5ccccc5c5ccccc54)nc3c2c1. The van der Waals surface area contributed by atoms with Gasteiger partial charge in [0.15, 0.2) is 11.2 Å². The Bertz CT molecular complexity index is 2300. The monoisotopic (exact) mass is 499 g/mol. The lowest BCUT2D eigenvalue weighted by Gasteiger charge is -2.08. The highest BCUT2D eigenvalue weighted by atomic mass is 16.3. The van der Waals surface area contributed by atoms with Gasteiger partial charge in [-0.15, -0.1) is 0 Å². The first-order chi connectivity index (χ1) is 19.4. The third kappa shape index (κ3) is 2.75. The number of aromatic nitrogens is 3. The quantitative estimate of drug-likeness (QED) is 0.238. The van der Waals surface area contributed by atoms with E-state index < -0.39 is 0 Å². The Morgan fingerprint density at radius 1 is 0.436 bits per heavy atom. The van der Waals surface area contributed by atoms with Gasteiger partial charge in [0.05, 0.1) is 27.8 Å². The highest BCUT2D eigenvalue weighted by Crippen LogP contribution is 2.38. The molecule has 9 rings (SSSR count). The van der Waals surface area contributed by atoms with E-state index >= 15 is 0 Å². The van der Waals surface area contributed by atoms with Crippen LogP contribution in [0.2, 0.25) is 0 Å². The summed E-state index contributed by atoms with van der Waals surface area (Å²) in [5, 5.41) is 5.91. The molecule has 0 saturated carbocycles. The number of nitrogens with zero attached hydrogens (tertiary/aromatic N) is 3. The molecule has 4 heteroatoms. The fraction of sp³-hybridized carbons (Fsp3) is 0. The second-order valence-electron chi connectivity index (χ2n) is 10.0. The van der Waals surface area contributed by atoms with E-state index in [0.29, 0.717) is 0 Å². The van der Waals surface area contributed by atoms with Crippen LogP contribution in [0.3, 0.4) is 0 Å². The molecule has 0 amide bonds. The summed E-state index contributed by atoms with van der Waals surface area (Å²) < 4.78 is 11.1. The lowest BCUT2D eigenvalue weighted by atomic mass is 10.2. The van der Waals surface area contributed by atoms with Gasteiger partial charge in [-0.05, 0) is 48.5 Å². The fourth-order valence-electron chi connectivity index (χ4n) is 6.29. The second-order valence-corrected chi connectivity index (χ2v) is 10.0. The van der Waals surface area contributed by atoms with Gasteiger partial charge in [0.25, 0.3) is 0 Å². The van der Waals surface area contributed by atoms with Gasteiger partial charge in [-0.2, -0.15) is 0 Å². The molecule has 0 spiro atoms. The van der Waals surface area contributed by atoms with E-state index in [1.807, 2.05) is 0 Å². The Kier molecular flexibility index (Phi) is 4.02. The van der Waals surface area contributed by atoms with Crippen molar-refractivity contribution < 1.29 is 4.42 Å². The zero-order valence-electron chi connectivity index (χ0n) is 20.9. The normalized spacial score (nSPS) is 12.1. The van der Waals surface area contributed by atoms with Crippen molar-refractivity contribution in [2.75, 3.05) is 0 Å². The summed E-state index contributed by atoms with van der Waals surface area (Å²) in [6.07, 6.45) is 0. The Labute approximate surface area is 222 Å². The summed E-state index contributed by atoms with van der Waals surface area (Å²) in [6, 6.07) is 44.6. The molecule has 4 aromatic heterocycles. The maximum atomic E-state index is 6.56. The van der Waals surface area contributed by atoms with E-state index in [4.69, 9.17) is 9.40 Å². The highest BCUT2D eigenvalue weighted by molar-refractivity contribution is 6.12. The number of rotatable bonds is 2. The molecule has 0 fully saturated rings. The summed E-state index contributed by atoms with van der Waals surface area (Å²) >= 11 is 0. The number of hydrogen-bond acceptors (Lipinski definition) is 2. The molecule has 4 nitrogen and oxygen atoms in total. The lowest BCUT2D eigenvalue weighted by Crippen LogP contribution is -1.97. The van der Waals surface area contributed by atoms with Crippen LogP contribution >= 0.6 is 0 Å². The molecule has 39 heavy (non-hydrogen) atoms. The van der Waals surface area contributed by atoms with Crippen molar-refractivity contribution in [1.82, 2.24) is 14.1 Å². The van der Waals surface area contributed by atoms with Gasteiger partial charge in [-0.25, -0.2) is 4.98 Å². The van der Waals surface area contributed by atoms with Crippen LogP contribution < -0.4 is 0 Å². The molecule has 5 aromatic carbocycles. The van der Waals surface area contributed by atoms with E-state index in [0.717, 1.165) is 55.6 Å². The van der Waals surface area contributed by atoms with Crippen molar-refractivity contribution in [3.8, 4) is 11.5 Å². The molecule has 0 atom stereocenters. The smallest absolute Gasteiger partial charge is 0.161 e. The molecular formula is C35H21N3O. The predicted molar refractivity (Wildman–Crippen MR) is 160 cm³/mol. The zero-order valence-corrected chi connectivity index (χ0v) is 20.9. The van der Waals surface area contributed by atoms with Crippen LogP contribution in [0.4, 0.5) is 0 Å². The minimum Gasteiger partial charge on any atom is -0.452 e. The number of hydrogen-bond donors (Lipinski definition) is 0. The molecule has 0 bridgehead atoms. The molecule has 9 aromatic rings. The van der Waals surface area contributed by atoms with E-state index in [-0.39, 0.29) is 0 Å². The lowest BCUT2D eigenvalue weighted by molar-refractivity contribution is 0.665. The fourth-order valence-corrected chi connectivity index (χ4v) is 6.29. The van der Waals surface area contributed by atoms with Crippen LogP contribution in [0.25, 0.3) is 77.2 Å². The zero-order chi connectivity index (χ0) is 25.5. The third-order valence-corrected chi connectivity index (χ3v) is 7.94. The second kappa shape index (κ2) is 7.59. The van der Waals surface area contributed by atoms with Crippen LogP contribution in [0, 0.1) is 0 Å². The van der Waals surface area contributed by atoms with Gasteiger partial charge >= 0.3 is 0 Å². The van der Waals surface area contributed by atoms with Crippen molar-refractivity contribution in [2.45, 2.75) is 0 Å². The summed E-state index contributed by atoms with van der Waals surface area (Å²) in [7, 11) is 0. The van der Waals surface area contributed by atoms with Crippen LogP contribution in [0.1, 0.15) is 0 Å². The van der Waals surface area contributed by atoms with Crippen molar-refractivity contribution in [3.05, 3.63) is 127 Å². The molecule has 0 aliphatic heterocycles. The van der Waals surface area contributed by atoms with Crippen molar-refractivity contribution in [2.24, 2.45) is 0 Å². The standard InChI is InChI=1S/C35H21N3O/c1-5-15-27-22(10-1)23-11-2-6-16-28(23)37(27)31-19-9-14-26-34-32(39-35(26)31)20-21-33(36-34)38-29-17-7-3-12-24(29)25-13-4-8-18-30(25)38/h1-21H. The average molecular weight is 500 g/mol. The minimum absolute atomic E-state index is 0.780. The van der Waals surface area contributed by atoms with Gasteiger partial charge in [-0.1, -0.05) is 78.9 Å². The third-order valence-electron chi connectivity index (χ3n) is 7.94. The van der Waals surface area contributed by atoms with Crippen LogP contribution in [-0.4, -0.2) is 14.1 Å². The van der Waals surface area contributed by atoms with Gasteiger partial charge < -0.3 is 8.98 Å². The topological polar surface area (TPSA) is 35.9 Å². The molecular weight excluding hydrogens is 478 g/mol. The summed E-state index contributed by atoms with van der Waals surface area (Å²) in [4.78, 5) is 5.21. The average Bonchev–Trinajstić information content (AvgIpc) is 3.65. The van der Waals surface area contributed by atoms with E-state index in [1.54, 1.807) is 0 Å². The maximum absolute atomic E-state index is 6.56. The van der Waals surface area contributed by atoms with E-state index in [1.165, 1.54) is 21.5 Å². The van der Waals surface area contributed by atoms with Gasteiger partial charge in [0, 0.05) is 26.9 Å². The molecule has 0 unspecified atom stereocenters. The van der Waals surface area contributed by atoms with E-state index in [2.05, 4.69) is 137 Å². The molecule has 0 aliphatic rings. The Balaban J connectivity index is 1.34. The van der Waals surface area contributed by atoms with Crippen LogP contribution in [0.5, 0.6) is 0 Å².